The molecule has 0 aliphatic rings. The molecule has 0 atom stereocenters. The Morgan fingerprint density at radius 2 is 1.00 bits per heavy atom. The minimum Gasteiger partial charge on any atom is -1.00 e. The van der Waals surface area contributed by atoms with E-state index in [9.17, 15) is 0 Å². The van der Waals surface area contributed by atoms with Crippen LogP contribution in [-0.2, 0) is 0 Å². The van der Waals surface area contributed by atoms with Crippen molar-refractivity contribution >= 4 is 0 Å². The van der Waals surface area contributed by atoms with E-state index < -0.39 is 0 Å². The summed E-state index contributed by atoms with van der Waals surface area (Å²) in [5.41, 5.74) is 2.66. The summed E-state index contributed by atoms with van der Waals surface area (Å²) in [6.45, 7) is 4.19. The number of hydrogen-bond acceptors (Lipinski definition) is 0. The summed E-state index contributed by atoms with van der Waals surface area (Å²) in [6, 6.07) is 8.48. The first-order valence-electron chi connectivity index (χ1n) is 2.82. The molecule has 0 saturated heterocycles. The van der Waals surface area contributed by atoms with E-state index in [1.54, 1.807) is 0 Å². The third-order valence-electron chi connectivity index (χ3n) is 1.22. The van der Waals surface area contributed by atoms with Gasteiger partial charge in [0.25, 0.3) is 0 Å². The van der Waals surface area contributed by atoms with Gasteiger partial charge in [0.05, 0.1) is 0 Å². The molecule has 0 bridgehead atoms. The van der Waals surface area contributed by atoms with Crippen LogP contribution >= 0.6 is 0 Å². The standard InChI is InChI=1S/C8H10.FH.Na/c1-7-3-5-8(2)6-4-7;;/h3-6H,1-2H3;1H;/q;;+1/p-1. The van der Waals surface area contributed by atoms with Gasteiger partial charge in [0.1, 0.15) is 0 Å². The number of aryl methyl sites for hydroxylation is 2. The maximum atomic E-state index is 2.12. The van der Waals surface area contributed by atoms with Crippen molar-refractivity contribution in [3.8, 4) is 0 Å². The molecule has 1 rings (SSSR count). The number of benzene rings is 1. The SMILES string of the molecule is Cc1ccc(C)cc1.[F-].[Na+]. The van der Waals surface area contributed by atoms with Crippen LogP contribution in [0.4, 0.5) is 0 Å². The Kier molecular flexibility index (Phi) is 7.55. The quantitative estimate of drug-likeness (QED) is 0.332. The molecule has 1 aromatic rings. The van der Waals surface area contributed by atoms with Gasteiger partial charge in [-0.25, -0.2) is 0 Å². The molecule has 0 aromatic heterocycles. The zero-order chi connectivity index (χ0) is 5.98. The van der Waals surface area contributed by atoms with Crippen molar-refractivity contribution in [3.63, 3.8) is 0 Å². The minimum atomic E-state index is 0. The van der Waals surface area contributed by atoms with Gasteiger partial charge in [-0.15, -0.1) is 0 Å². The molecule has 0 aliphatic carbocycles. The minimum absolute atomic E-state index is 0. The summed E-state index contributed by atoms with van der Waals surface area (Å²) in [5, 5.41) is 0. The Labute approximate surface area is 83.3 Å². The summed E-state index contributed by atoms with van der Waals surface area (Å²) in [7, 11) is 0. The Hall–Kier alpha value is 0.150. The van der Waals surface area contributed by atoms with E-state index in [4.69, 9.17) is 0 Å². The first kappa shape index (κ1) is 12.8. The van der Waals surface area contributed by atoms with Crippen molar-refractivity contribution in [1.29, 1.82) is 0 Å². The van der Waals surface area contributed by atoms with Gasteiger partial charge in [0, 0.05) is 0 Å². The summed E-state index contributed by atoms with van der Waals surface area (Å²) in [5.74, 6) is 0. The van der Waals surface area contributed by atoms with Crippen LogP contribution in [0.25, 0.3) is 0 Å². The van der Waals surface area contributed by atoms with E-state index in [2.05, 4.69) is 38.1 Å². The second kappa shape index (κ2) is 5.90. The molecule has 0 N–H and O–H groups in total. The summed E-state index contributed by atoms with van der Waals surface area (Å²) >= 11 is 0. The summed E-state index contributed by atoms with van der Waals surface area (Å²) in [6.07, 6.45) is 0. The van der Waals surface area contributed by atoms with E-state index in [0.717, 1.165) is 0 Å². The first-order chi connectivity index (χ1) is 3.79. The van der Waals surface area contributed by atoms with Crippen LogP contribution in [0, 0.1) is 13.8 Å². The average molecular weight is 148 g/mol. The molecule has 0 aliphatic heterocycles. The van der Waals surface area contributed by atoms with Crippen LogP contribution in [0.3, 0.4) is 0 Å². The van der Waals surface area contributed by atoms with Crippen molar-refractivity contribution in [2.45, 2.75) is 13.8 Å². The maximum Gasteiger partial charge on any atom is 1.00 e. The van der Waals surface area contributed by atoms with E-state index in [1.807, 2.05) is 0 Å². The zero-order valence-electron chi connectivity index (χ0n) is 6.69. The van der Waals surface area contributed by atoms with Gasteiger partial charge in [-0.2, -0.15) is 0 Å². The predicted octanol–water partition coefficient (Wildman–Crippen LogP) is -3.69. The number of halogens is 1. The molecule has 0 amide bonds. The molecule has 10 heavy (non-hydrogen) atoms. The van der Waals surface area contributed by atoms with Crippen molar-refractivity contribution in [2.24, 2.45) is 0 Å². The molecule has 1 aromatic carbocycles. The average Bonchev–Trinajstić information content (AvgIpc) is 1.77. The van der Waals surface area contributed by atoms with Gasteiger partial charge in [-0.1, -0.05) is 35.4 Å². The van der Waals surface area contributed by atoms with Crippen LogP contribution in [0.15, 0.2) is 24.3 Å². The second-order valence-electron chi connectivity index (χ2n) is 2.15. The summed E-state index contributed by atoms with van der Waals surface area (Å²) < 4.78 is 0. The molecular formula is C8H10FNa. The molecular weight excluding hydrogens is 138 g/mol. The van der Waals surface area contributed by atoms with Gasteiger partial charge >= 0.3 is 29.6 Å². The van der Waals surface area contributed by atoms with E-state index >= 15 is 0 Å². The Balaban J connectivity index is 0. The summed E-state index contributed by atoms with van der Waals surface area (Å²) in [4.78, 5) is 0. The fourth-order valence-corrected chi connectivity index (χ4v) is 0.637. The largest absolute Gasteiger partial charge is 1.00 e. The molecule has 0 saturated carbocycles. The maximum absolute atomic E-state index is 2.12. The van der Waals surface area contributed by atoms with Crippen molar-refractivity contribution in [1.82, 2.24) is 0 Å². The molecule has 50 valence electrons. The Morgan fingerprint density at radius 3 is 1.20 bits per heavy atom. The fourth-order valence-electron chi connectivity index (χ4n) is 0.637. The number of hydrogen-bond donors (Lipinski definition) is 0. The normalized spacial score (nSPS) is 7.40. The van der Waals surface area contributed by atoms with Crippen LogP contribution in [-0.4, -0.2) is 0 Å². The van der Waals surface area contributed by atoms with Crippen molar-refractivity contribution in [2.75, 3.05) is 0 Å². The van der Waals surface area contributed by atoms with E-state index in [-0.39, 0.29) is 34.3 Å². The Morgan fingerprint density at radius 1 is 0.800 bits per heavy atom. The molecule has 0 nitrogen and oxygen atoms in total. The van der Waals surface area contributed by atoms with Gasteiger partial charge < -0.3 is 4.70 Å². The number of rotatable bonds is 0. The molecule has 0 fully saturated rings. The van der Waals surface area contributed by atoms with E-state index in [1.165, 1.54) is 11.1 Å². The van der Waals surface area contributed by atoms with Crippen LogP contribution in [0.5, 0.6) is 0 Å². The third-order valence-corrected chi connectivity index (χ3v) is 1.22. The van der Waals surface area contributed by atoms with E-state index in [0.29, 0.717) is 0 Å². The van der Waals surface area contributed by atoms with Crippen LogP contribution in [0.2, 0.25) is 0 Å². The smallest absolute Gasteiger partial charge is 1.00 e. The third kappa shape index (κ3) is 4.04. The predicted molar refractivity (Wildman–Crippen MR) is 35.9 cm³/mol. The fraction of sp³-hybridized carbons (Fsp3) is 0.250. The molecule has 0 spiro atoms. The van der Waals surface area contributed by atoms with Gasteiger partial charge in [0.15, 0.2) is 0 Å². The van der Waals surface area contributed by atoms with Crippen molar-refractivity contribution in [3.05, 3.63) is 35.4 Å². The first-order valence-corrected chi connectivity index (χ1v) is 2.82. The Bertz CT molecular complexity index is 148. The van der Waals surface area contributed by atoms with Crippen LogP contribution in [0.1, 0.15) is 11.1 Å². The van der Waals surface area contributed by atoms with Gasteiger partial charge in [0.2, 0.25) is 0 Å². The van der Waals surface area contributed by atoms with Gasteiger partial charge in [-0.05, 0) is 13.8 Å². The van der Waals surface area contributed by atoms with Gasteiger partial charge in [-0.3, -0.25) is 0 Å². The molecule has 0 unspecified atom stereocenters. The molecule has 0 radical (unpaired) electrons. The second-order valence-corrected chi connectivity index (χ2v) is 2.15. The van der Waals surface area contributed by atoms with Crippen molar-refractivity contribution < 1.29 is 34.3 Å². The van der Waals surface area contributed by atoms with Crippen LogP contribution < -0.4 is 34.3 Å². The molecule has 2 heteroatoms. The topological polar surface area (TPSA) is 0 Å². The monoisotopic (exact) mass is 148 g/mol. The zero-order valence-corrected chi connectivity index (χ0v) is 8.69. The molecule has 0 heterocycles.